The SMILES string of the molecule is COP(=O)(CC(=O)C(Cc1ccccc1)NC(C)=O)OC. The van der Waals surface area contributed by atoms with Crippen molar-refractivity contribution in [2.24, 2.45) is 0 Å². The Balaban J connectivity index is 2.84. The molecule has 0 fully saturated rings. The maximum Gasteiger partial charge on any atom is 0.337 e. The maximum absolute atomic E-state index is 12.3. The van der Waals surface area contributed by atoms with Crippen LogP contribution in [0.15, 0.2) is 30.3 Å². The van der Waals surface area contributed by atoms with Crippen molar-refractivity contribution in [1.29, 1.82) is 0 Å². The van der Waals surface area contributed by atoms with Crippen LogP contribution in [0.3, 0.4) is 0 Å². The topological polar surface area (TPSA) is 81.7 Å². The normalized spacial score (nSPS) is 12.7. The number of rotatable bonds is 8. The molecule has 6 nitrogen and oxygen atoms in total. The Labute approximate surface area is 124 Å². The predicted octanol–water partition coefficient (Wildman–Crippen LogP) is 1.79. The summed E-state index contributed by atoms with van der Waals surface area (Å²) in [6, 6.07) is 8.51. The Morgan fingerprint density at radius 1 is 1.19 bits per heavy atom. The Morgan fingerprint density at radius 3 is 2.24 bits per heavy atom. The van der Waals surface area contributed by atoms with Crippen LogP contribution < -0.4 is 5.32 Å². The van der Waals surface area contributed by atoms with Crippen LogP contribution in [-0.4, -0.2) is 38.1 Å². The van der Waals surface area contributed by atoms with Gasteiger partial charge in [-0.2, -0.15) is 0 Å². The molecule has 1 unspecified atom stereocenters. The number of ketones is 1. The fourth-order valence-electron chi connectivity index (χ4n) is 1.85. The van der Waals surface area contributed by atoms with Crippen LogP contribution in [0, 0.1) is 0 Å². The van der Waals surface area contributed by atoms with Crippen molar-refractivity contribution in [2.45, 2.75) is 19.4 Å². The van der Waals surface area contributed by atoms with E-state index in [2.05, 4.69) is 5.32 Å². The van der Waals surface area contributed by atoms with Crippen molar-refractivity contribution in [3.05, 3.63) is 35.9 Å². The van der Waals surface area contributed by atoms with Gasteiger partial charge in [-0.1, -0.05) is 30.3 Å². The van der Waals surface area contributed by atoms with Gasteiger partial charge in [0.25, 0.3) is 0 Å². The average molecular weight is 313 g/mol. The molecule has 0 saturated heterocycles. The number of hydrogen-bond acceptors (Lipinski definition) is 5. The van der Waals surface area contributed by atoms with E-state index in [9.17, 15) is 14.2 Å². The molecule has 1 aromatic carbocycles. The molecular weight excluding hydrogens is 293 g/mol. The molecule has 1 rings (SSSR count). The summed E-state index contributed by atoms with van der Waals surface area (Å²) in [5.41, 5.74) is 0.897. The van der Waals surface area contributed by atoms with E-state index >= 15 is 0 Å². The van der Waals surface area contributed by atoms with E-state index in [1.807, 2.05) is 30.3 Å². The lowest BCUT2D eigenvalue weighted by Gasteiger charge is -2.19. The summed E-state index contributed by atoms with van der Waals surface area (Å²) < 4.78 is 21.6. The minimum atomic E-state index is -3.44. The van der Waals surface area contributed by atoms with Gasteiger partial charge in [0, 0.05) is 21.1 Å². The molecule has 7 heteroatoms. The average Bonchev–Trinajstić information content (AvgIpc) is 2.47. The largest absolute Gasteiger partial charge is 0.346 e. The lowest BCUT2D eigenvalue weighted by Crippen LogP contribution is -2.42. The minimum absolute atomic E-state index is 0.325. The molecule has 0 aromatic heterocycles. The van der Waals surface area contributed by atoms with Gasteiger partial charge >= 0.3 is 7.60 Å². The van der Waals surface area contributed by atoms with Gasteiger partial charge in [0.05, 0.1) is 6.04 Å². The van der Waals surface area contributed by atoms with E-state index in [-0.39, 0.29) is 17.9 Å². The first kappa shape index (κ1) is 17.6. The summed E-state index contributed by atoms with van der Waals surface area (Å²) in [6.07, 6.45) is -0.0511. The van der Waals surface area contributed by atoms with Crippen LogP contribution in [0.4, 0.5) is 0 Å². The van der Waals surface area contributed by atoms with Gasteiger partial charge in [0.1, 0.15) is 6.16 Å². The highest BCUT2D eigenvalue weighted by atomic mass is 31.2. The molecule has 21 heavy (non-hydrogen) atoms. The number of Topliss-reactive ketones (excluding diaryl/α,β-unsaturated/α-hetero) is 1. The van der Waals surface area contributed by atoms with Gasteiger partial charge < -0.3 is 14.4 Å². The summed E-state index contributed by atoms with van der Waals surface area (Å²) in [7, 11) is -0.991. The zero-order valence-electron chi connectivity index (χ0n) is 12.4. The summed E-state index contributed by atoms with van der Waals surface area (Å²) in [5.74, 6) is -0.713. The maximum atomic E-state index is 12.3. The molecule has 0 radical (unpaired) electrons. The Morgan fingerprint density at radius 2 is 1.76 bits per heavy atom. The Bertz CT molecular complexity index is 523. The number of benzene rings is 1. The molecule has 1 amide bonds. The standard InChI is InChI=1S/C14H20NO5P/c1-11(16)15-13(9-12-7-5-4-6-8-12)14(17)10-21(18,19-2)20-3/h4-8,13H,9-10H2,1-3H3,(H,15,16). The van der Waals surface area contributed by atoms with Crippen molar-refractivity contribution in [2.75, 3.05) is 20.4 Å². The quantitative estimate of drug-likeness (QED) is 0.740. The molecule has 1 aromatic rings. The lowest BCUT2D eigenvalue weighted by atomic mass is 10.0. The first-order valence-electron chi connectivity index (χ1n) is 6.44. The van der Waals surface area contributed by atoms with E-state index in [4.69, 9.17) is 9.05 Å². The third-order valence-corrected chi connectivity index (χ3v) is 4.77. The molecular formula is C14H20NO5P. The third kappa shape index (κ3) is 5.79. The molecule has 0 bridgehead atoms. The van der Waals surface area contributed by atoms with Crippen LogP contribution in [0.1, 0.15) is 12.5 Å². The molecule has 0 aliphatic heterocycles. The van der Waals surface area contributed by atoms with E-state index in [0.717, 1.165) is 5.56 Å². The number of carbonyl (C=O) groups is 2. The molecule has 0 heterocycles. The molecule has 0 aliphatic rings. The van der Waals surface area contributed by atoms with Crippen molar-refractivity contribution in [3.63, 3.8) is 0 Å². The van der Waals surface area contributed by atoms with E-state index in [1.165, 1.54) is 21.1 Å². The second-order valence-corrected chi connectivity index (χ2v) is 6.81. The molecule has 0 saturated carbocycles. The first-order chi connectivity index (χ1) is 9.90. The van der Waals surface area contributed by atoms with Gasteiger partial charge in [-0.15, -0.1) is 0 Å². The highest BCUT2D eigenvalue weighted by Crippen LogP contribution is 2.46. The number of nitrogens with one attached hydrogen (secondary N) is 1. The second-order valence-electron chi connectivity index (χ2n) is 4.54. The van der Waals surface area contributed by atoms with Gasteiger partial charge in [-0.3, -0.25) is 14.2 Å². The van der Waals surface area contributed by atoms with Crippen molar-refractivity contribution in [3.8, 4) is 0 Å². The summed E-state index contributed by atoms with van der Waals surface area (Å²) >= 11 is 0. The highest BCUT2D eigenvalue weighted by Gasteiger charge is 2.30. The Hall–Kier alpha value is -1.49. The van der Waals surface area contributed by atoms with Gasteiger partial charge in [-0.05, 0) is 12.0 Å². The number of carbonyl (C=O) groups excluding carboxylic acids is 2. The Kier molecular flexibility index (Phi) is 6.75. The van der Waals surface area contributed by atoms with Crippen LogP contribution in [0.25, 0.3) is 0 Å². The van der Waals surface area contributed by atoms with Gasteiger partial charge in [0.2, 0.25) is 5.91 Å². The van der Waals surface area contributed by atoms with E-state index < -0.39 is 13.6 Å². The van der Waals surface area contributed by atoms with Crippen LogP contribution in [0.2, 0.25) is 0 Å². The number of hydrogen-bond donors (Lipinski definition) is 1. The highest BCUT2D eigenvalue weighted by molar-refractivity contribution is 7.54. The van der Waals surface area contributed by atoms with Crippen LogP contribution >= 0.6 is 7.60 Å². The zero-order chi connectivity index (χ0) is 15.9. The van der Waals surface area contributed by atoms with Crippen molar-refractivity contribution >= 4 is 19.3 Å². The smallest absolute Gasteiger partial charge is 0.337 e. The van der Waals surface area contributed by atoms with Crippen LogP contribution in [0.5, 0.6) is 0 Å². The fraction of sp³-hybridized carbons (Fsp3) is 0.429. The van der Waals surface area contributed by atoms with Gasteiger partial charge in [0.15, 0.2) is 5.78 Å². The fourth-order valence-corrected chi connectivity index (χ4v) is 2.85. The summed E-state index contributed by atoms with van der Waals surface area (Å²) in [5, 5.41) is 2.58. The summed E-state index contributed by atoms with van der Waals surface area (Å²) in [4.78, 5) is 23.5. The van der Waals surface area contributed by atoms with Crippen molar-refractivity contribution in [1.82, 2.24) is 5.32 Å². The minimum Gasteiger partial charge on any atom is -0.346 e. The monoisotopic (exact) mass is 313 g/mol. The first-order valence-corrected chi connectivity index (χ1v) is 8.17. The van der Waals surface area contributed by atoms with Crippen molar-refractivity contribution < 1.29 is 23.2 Å². The molecule has 1 N–H and O–H groups in total. The third-order valence-electron chi connectivity index (χ3n) is 2.95. The van der Waals surface area contributed by atoms with E-state index in [1.54, 1.807) is 0 Å². The molecule has 1 atom stereocenters. The van der Waals surface area contributed by atoms with E-state index in [0.29, 0.717) is 6.42 Å². The molecule has 116 valence electrons. The number of amides is 1. The molecule has 0 spiro atoms. The molecule has 0 aliphatic carbocycles. The summed E-state index contributed by atoms with van der Waals surface area (Å²) in [6.45, 7) is 1.33. The van der Waals surface area contributed by atoms with Gasteiger partial charge in [-0.25, -0.2) is 0 Å². The predicted molar refractivity (Wildman–Crippen MR) is 79.2 cm³/mol. The lowest BCUT2D eigenvalue weighted by molar-refractivity contribution is -0.125. The zero-order valence-corrected chi connectivity index (χ0v) is 13.3. The second kappa shape index (κ2) is 8.08. The van der Waals surface area contributed by atoms with Crippen LogP contribution in [-0.2, 0) is 29.6 Å².